The third kappa shape index (κ3) is 3.51. The van der Waals surface area contributed by atoms with Gasteiger partial charge in [0.15, 0.2) is 0 Å². The summed E-state index contributed by atoms with van der Waals surface area (Å²) in [5, 5.41) is 7.33. The molecular weight excluding hydrogens is 300 g/mol. The summed E-state index contributed by atoms with van der Waals surface area (Å²) in [6.07, 6.45) is 0.00783. The van der Waals surface area contributed by atoms with Crippen molar-refractivity contribution in [3.63, 3.8) is 0 Å². The van der Waals surface area contributed by atoms with Gasteiger partial charge >= 0.3 is 0 Å². The van der Waals surface area contributed by atoms with Crippen LogP contribution in [0.1, 0.15) is 11.7 Å². The maximum absolute atomic E-state index is 12.4. The van der Waals surface area contributed by atoms with Crippen molar-refractivity contribution in [1.82, 2.24) is 10.2 Å². The van der Waals surface area contributed by atoms with E-state index in [0.717, 1.165) is 12.1 Å². The van der Waals surface area contributed by atoms with E-state index in [4.69, 9.17) is 9.47 Å². The van der Waals surface area contributed by atoms with Gasteiger partial charge < -0.3 is 19.7 Å². The van der Waals surface area contributed by atoms with Crippen LogP contribution in [0.2, 0.25) is 0 Å². The van der Waals surface area contributed by atoms with E-state index in [2.05, 4.69) is 16.8 Å². The molecule has 1 aromatic rings. The highest BCUT2D eigenvalue weighted by molar-refractivity contribution is 7.07. The molecule has 2 fully saturated rings. The molecule has 7 heteroatoms. The van der Waals surface area contributed by atoms with Gasteiger partial charge in [0.05, 0.1) is 26.4 Å². The Labute approximate surface area is 128 Å². The van der Waals surface area contributed by atoms with Gasteiger partial charge in [0.1, 0.15) is 12.1 Å². The van der Waals surface area contributed by atoms with Crippen molar-refractivity contribution in [3.05, 3.63) is 22.4 Å². The Kier molecular flexibility index (Phi) is 5.80. The highest BCUT2D eigenvalue weighted by atomic mass is 35.5. The molecule has 20 heavy (non-hydrogen) atoms. The summed E-state index contributed by atoms with van der Waals surface area (Å²) in [7, 11) is 0. The second-order valence-corrected chi connectivity index (χ2v) is 5.56. The van der Waals surface area contributed by atoms with E-state index in [1.807, 2.05) is 10.3 Å². The smallest absolute Gasteiger partial charge is 0.242 e. The number of nitrogens with one attached hydrogen (secondary N) is 1. The minimum absolute atomic E-state index is 0. The molecule has 0 spiro atoms. The summed E-state index contributed by atoms with van der Waals surface area (Å²) in [6, 6.07) is 1.86. The monoisotopic (exact) mass is 318 g/mol. The Bertz CT molecular complexity index is 423. The zero-order chi connectivity index (χ0) is 13.1. The highest BCUT2D eigenvalue weighted by Crippen LogP contribution is 2.24. The molecule has 2 unspecified atom stereocenters. The lowest BCUT2D eigenvalue weighted by Gasteiger charge is -2.36. The molecule has 0 bridgehead atoms. The highest BCUT2D eigenvalue weighted by Gasteiger charge is 2.31. The van der Waals surface area contributed by atoms with Crippen LogP contribution in [-0.4, -0.2) is 56.3 Å². The summed E-state index contributed by atoms with van der Waals surface area (Å²) in [4.78, 5) is 14.3. The summed E-state index contributed by atoms with van der Waals surface area (Å²) >= 11 is 1.66. The zero-order valence-electron chi connectivity index (χ0n) is 11.1. The quantitative estimate of drug-likeness (QED) is 0.886. The van der Waals surface area contributed by atoms with Gasteiger partial charge in [-0.05, 0) is 22.4 Å². The average molecular weight is 319 g/mol. The maximum atomic E-state index is 12.4. The van der Waals surface area contributed by atoms with Gasteiger partial charge in [-0.3, -0.25) is 4.79 Å². The van der Waals surface area contributed by atoms with Gasteiger partial charge in [0, 0.05) is 13.1 Å². The fourth-order valence-corrected chi connectivity index (χ4v) is 3.16. The molecule has 112 valence electrons. The summed E-state index contributed by atoms with van der Waals surface area (Å²) < 4.78 is 11.1. The minimum atomic E-state index is -0.199. The van der Waals surface area contributed by atoms with Crippen LogP contribution in [0.5, 0.6) is 0 Å². The molecular formula is C13H19ClN2O3S. The molecule has 3 heterocycles. The molecule has 1 amide bonds. The van der Waals surface area contributed by atoms with E-state index in [1.54, 1.807) is 11.3 Å². The first-order valence-corrected chi connectivity index (χ1v) is 7.52. The van der Waals surface area contributed by atoms with Gasteiger partial charge in [0.25, 0.3) is 0 Å². The molecule has 2 aliphatic rings. The fraction of sp³-hybridized carbons (Fsp3) is 0.615. The molecule has 2 atom stereocenters. The number of nitrogens with zero attached hydrogens (tertiary/aromatic N) is 1. The first kappa shape index (κ1) is 15.7. The van der Waals surface area contributed by atoms with Crippen LogP contribution >= 0.6 is 23.7 Å². The summed E-state index contributed by atoms with van der Waals surface area (Å²) in [5.74, 6) is 0.128. The molecule has 2 saturated heterocycles. The van der Waals surface area contributed by atoms with Crippen LogP contribution in [0.4, 0.5) is 0 Å². The van der Waals surface area contributed by atoms with Crippen LogP contribution in [0.25, 0.3) is 0 Å². The van der Waals surface area contributed by atoms with Gasteiger partial charge in [0.2, 0.25) is 5.91 Å². The van der Waals surface area contributed by atoms with Gasteiger partial charge in [-0.2, -0.15) is 11.3 Å². The Hall–Kier alpha value is -0.660. The number of thiophene rings is 1. The standard InChI is InChI=1S/C13H18N2O3S.ClH/c16-13(11-8-17-4-2-14-11)15-3-5-18-12(7-15)10-1-6-19-9-10;/h1,6,9,11-12,14H,2-5,7-8H2;1H. The predicted octanol–water partition coefficient (Wildman–Crippen LogP) is 1.06. The predicted molar refractivity (Wildman–Crippen MR) is 79.4 cm³/mol. The molecule has 0 radical (unpaired) electrons. The van der Waals surface area contributed by atoms with Crippen molar-refractivity contribution in [2.45, 2.75) is 12.1 Å². The van der Waals surface area contributed by atoms with Crippen LogP contribution in [0.3, 0.4) is 0 Å². The van der Waals surface area contributed by atoms with Crippen molar-refractivity contribution in [2.75, 3.05) is 39.5 Å². The Morgan fingerprint density at radius 1 is 1.45 bits per heavy atom. The van der Waals surface area contributed by atoms with E-state index < -0.39 is 0 Å². The lowest BCUT2D eigenvalue weighted by molar-refractivity contribution is -0.144. The van der Waals surface area contributed by atoms with E-state index in [-0.39, 0.29) is 30.5 Å². The number of amides is 1. The minimum Gasteiger partial charge on any atom is -0.378 e. The number of carbonyl (C=O) groups excluding carboxylic acids is 1. The largest absolute Gasteiger partial charge is 0.378 e. The maximum Gasteiger partial charge on any atom is 0.242 e. The molecule has 1 aromatic heterocycles. The number of morpholine rings is 2. The number of carbonyl (C=O) groups is 1. The van der Waals surface area contributed by atoms with Gasteiger partial charge in [-0.15, -0.1) is 12.4 Å². The van der Waals surface area contributed by atoms with Gasteiger partial charge in [-0.25, -0.2) is 0 Å². The van der Waals surface area contributed by atoms with Crippen molar-refractivity contribution in [1.29, 1.82) is 0 Å². The van der Waals surface area contributed by atoms with E-state index >= 15 is 0 Å². The molecule has 3 rings (SSSR count). The van der Waals surface area contributed by atoms with Crippen LogP contribution < -0.4 is 5.32 Å². The second-order valence-electron chi connectivity index (χ2n) is 4.78. The van der Waals surface area contributed by atoms with E-state index in [0.29, 0.717) is 32.9 Å². The number of halogens is 1. The third-order valence-electron chi connectivity index (χ3n) is 3.51. The molecule has 5 nitrogen and oxygen atoms in total. The summed E-state index contributed by atoms with van der Waals surface area (Å²) in [6.45, 7) is 3.80. The summed E-state index contributed by atoms with van der Waals surface area (Å²) in [5.41, 5.74) is 1.16. The first-order chi connectivity index (χ1) is 9.34. The Morgan fingerprint density at radius 2 is 2.35 bits per heavy atom. The van der Waals surface area contributed by atoms with Crippen molar-refractivity contribution >= 4 is 29.7 Å². The van der Waals surface area contributed by atoms with E-state index in [1.165, 1.54) is 0 Å². The molecule has 0 aromatic carbocycles. The van der Waals surface area contributed by atoms with Crippen molar-refractivity contribution < 1.29 is 14.3 Å². The lowest BCUT2D eigenvalue weighted by Crippen LogP contribution is -2.55. The zero-order valence-corrected chi connectivity index (χ0v) is 12.8. The Balaban J connectivity index is 0.00000147. The molecule has 1 N–H and O–H groups in total. The normalized spacial score (nSPS) is 26.9. The van der Waals surface area contributed by atoms with Crippen LogP contribution in [-0.2, 0) is 14.3 Å². The average Bonchev–Trinajstić information content (AvgIpc) is 3.02. The van der Waals surface area contributed by atoms with E-state index in [9.17, 15) is 4.79 Å². The molecule has 0 aliphatic carbocycles. The molecule has 0 saturated carbocycles. The third-order valence-corrected chi connectivity index (χ3v) is 4.21. The SMILES string of the molecule is Cl.O=C(C1COCCN1)N1CCOC(c2ccsc2)C1. The number of hydrogen-bond acceptors (Lipinski definition) is 5. The topological polar surface area (TPSA) is 50.8 Å². The number of ether oxygens (including phenoxy) is 2. The Morgan fingerprint density at radius 3 is 3.05 bits per heavy atom. The lowest BCUT2D eigenvalue weighted by atomic mass is 10.1. The molecule has 2 aliphatic heterocycles. The first-order valence-electron chi connectivity index (χ1n) is 6.58. The van der Waals surface area contributed by atoms with Crippen LogP contribution in [0, 0.1) is 0 Å². The van der Waals surface area contributed by atoms with Crippen molar-refractivity contribution in [2.24, 2.45) is 0 Å². The second kappa shape index (κ2) is 7.38. The van der Waals surface area contributed by atoms with Crippen molar-refractivity contribution in [3.8, 4) is 0 Å². The van der Waals surface area contributed by atoms with Gasteiger partial charge in [-0.1, -0.05) is 0 Å². The van der Waals surface area contributed by atoms with Crippen LogP contribution in [0.15, 0.2) is 16.8 Å². The number of hydrogen-bond donors (Lipinski definition) is 1. The fourth-order valence-electron chi connectivity index (χ4n) is 2.45. The number of rotatable bonds is 2.